The fourth-order valence-electron chi connectivity index (χ4n) is 3.85. The molecular weight excluding hydrogens is 272 g/mol. The van der Waals surface area contributed by atoms with Gasteiger partial charge in [0.15, 0.2) is 0 Å². The number of ether oxygens (including phenoxy) is 1. The number of benzene rings is 1. The maximum Gasteiger partial charge on any atom is 0.124 e. The number of hydrogen-bond acceptors (Lipinski definition) is 3. The van der Waals surface area contributed by atoms with Crippen LogP contribution in [0.15, 0.2) is 18.2 Å². The van der Waals surface area contributed by atoms with E-state index in [1.165, 1.54) is 0 Å². The highest BCUT2D eigenvalue weighted by Crippen LogP contribution is 2.42. The molecule has 0 aromatic heterocycles. The van der Waals surface area contributed by atoms with Crippen molar-refractivity contribution in [3.8, 4) is 5.75 Å². The Bertz CT molecular complexity index is 503. The summed E-state index contributed by atoms with van der Waals surface area (Å²) in [6.45, 7) is 8.99. The van der Waals surface area contributed by atoms with Gasteiger partial charge in [-0.05, 0) is 44.4 Å². The van der Waals surface area contributed by atoms with Crippen LogP contribution >= 0.6 is 11.6 Å². The molecule has 1 aromatic carbocycles. The molecule has 2 aliphatic rings. The van der Waals surface area contributed by atoms with Crippen LogP contribution in [0.25, 0.3) is 0 Å². The van der Waals surface area contributed by atoms with Gasteiger partial charge in [0.2, 0.25) is 0 Å². The van der Waals surface area contributed by atoms with Crippen LogP contribution in [0.1, 0.15) is 19.4 Å². The zero-order valence-electron chi connectivity index (χ0n) is 12.4. The molecule has 2 aliphatic heterocycles. The van der Waals surface area contributed by atoms with Gasteiger partial charge in [0.1, 0.15) is 5.75 Å². The molecule has 0 saturated carbocycles. The Morgan fingerprint density at radius 2 is 2.20 bits per heavy atom. The van der Waals surface area contributed by atoms with Gasteiger partial charge in [-0.3, -0.25) is 4.90 Å². The van der Waals surface area contributed by atoms with E-state index in [4.69, 9.17) is 16.3 Å². The van der Waals surface area contributed by atoms with Crippen molar-refractivity contribution < 1.29 is 4.74 Å². The molecular formula is C16H23ClN2O. The first-order chi connectivity index (χ1) is 9.54. The Labute approximate surface area is 126 Å². The zero-order chi connectivity index (χ0) is 14.3. The lowest BCUT2D eigenvalue weighted by Crippen LogP contribution is -2.44. The van der Waals surface area contributed by atoms with E-state index >= 15 is 0 Å². The van der Waals surface area contributed by atoms with Crippen LogP contribution in [0.4, 0.5) is 0 Å². The number of methoxy groups -OCH3 is 1. The first-order valence-corrected chi connectivity index (χ1v) is 7.69. The fourth-order valence-corrected chi connectivity index (χ4v) is 4.07. The van der Waals surface area contributed by atoms with Gasteiger partial charge < -0.3 is 10.1 Å². The van der Waals surface area contributed by atoms with E-state index in [-0.39, 0.29) is 5.54 Å². The highest BCUT2D eigenvalue weighted by atomic mass is 35.5. The van der Waals surface area contributed by atoms with E-state index < -0.39 is 0 Å². The Morgan fingerprint density at radius 1 is 1.40 bits per heavy atom. The Balaban J connectivity index is 1.85. The first-order valence-electron chi connectivity index (χ1n) is 7.31. The monoisotopic (exact) mass is 294 g/mol. The van der Waals surface area contributed by atoms with E-state index in [0.29, 0.717) is 0 Å². The summed E-state index contributed by atoms with van der Waals surface area (Å²) in [6.07, 6.45) is 0. The minimum atomic E-state index is 0.207. The van der Waals surface area contributed by atoms with E-state index in [1.54, 1.807) is 7.11 Å². The number of fused-ring (bicyclic) bond motifs is 1. The van der Waals surface area contributed by atoms with Gasteiger partial charge >= 0.3 is 0 Å². The number of rotatable bonds is 3. The molecule has 2 atom stereocenters. The first kappa shape index (κ1) is 14.2. The number of nitrogens with zero attached hydrogens (tertiary/aromatic N) is 1. The van der Waals surface area contributed by atoms with Gasteiger partial charge in [-0.15, -0.1) is 0 Å². The molecule has 1 aromatic rings. The van der Waals surface area contributed by atoms with Crippen molar-refractivity contribution in [1.82, 2.24) is 10.2 Å². The maximum atomic E-state index is 6.38. The number of likely N-dealkylation sites (tertiary alicyclic amines) is 1. The topological polar surface area (TPSA) is 24.5 Å². The summed E-state index contributed by atoms with van der Waals surface area (Å²) in [5, 5.41) is 4.32. The highest BCUT2D eigenvalue weighted by Gasteiger charge is 2.49. The second-order valence-corrected chi connectivity index (χ2v) is 6.89. The number of halogens is 1. The molecule has 2 fully saturated rings. The van der Waals surface area contributed by atoms with E-state index in [0.717, 1.165) is 54.4 Å². The lowest BCUT2D eigenvalue weighted by molar-refractivity contribution is 0.131. The highest BCUT2D eigenvalue weighted by molar-refractivity contribution is 6.31. The van der Waals surface area contributed by atoms with Crippen LogP contribution in [-0.4, -0.2) is 37.2 Å². The molecule has 0 spiro atoms. The van der Waals surface area contributed by atoms with Crippen LogP contribution in [0.5, 0.6) is 5.75 Å². The lowest BCUT2D eigenvalue weighted by atomic mass is 9.85. The van der Waals surface area contributed by atoms with Crippen LogP contribution in [0.2, 0.25) is 5.02 Å². The Morgan fingerprint density at radius 3 is 2.90 bits per heavy atom. The minimum Gasteiger partial charge on any atom is -0.496 e. The Kier molecular flexibility index (Phi) is 3.69. The standard InChI is InChI=1S/C16H23ClN2O/c1-16(2)13-8-18-7-11(13)9-19(16)10-12-14(17)5-4-6-15(12)20-3/h4-6,11,13,18H,7-10H2,1-3H3. The second kappa shape index (κ2) is 5.21. The van der Waals surface area contributed by atoms with Gasteiger partial charge in [0.25, 0.3) is 0 Å². The molecule has 110 valence electrons. The maximum absolute atomic E-state index is 6.38. The lowest BCUT2D eigenvalue weighted by Gasteiger charge is -2.36. The normalized spacial score (nSPS) is 28.6. The van der Waals surface area contributed by atoms with Crippen LogP contribution < -0.4 is 10.1 Å². The molecule has 3 rings (SSSR count). The summed E-state index contributed by atoms with van der Waals surface area (Å²) in [6, 6.07) is 5.88. The van der Waals surface area contributed by atoms with E-state index in [1.807, 2.05) is 18.2 Å². The van der Waals surface area contributed by atoms with Crippen molar-refractivity contribution in [3.05, 3.63) is 28.8 Å². The van der Waals surface area contributed by atoms with Crippen molar-refractivity contribution in [3.63, 3.8) is 0 Å². The summed E-state index contributed by atoms with van der Waals surface area (Å²) in [5.74, 6) is 2.39. The van der Waals surface area contributed by atoms with E-state index in [9.17, 15) is 0 Å². The molecule has 0 radical (unpaired) electrons. The molecule has 2 saturated heterocycles. The molecule has 2 heterocycles. The van der Waals surface area contributed by atoms with Gasteiger partial charge in [0.05, 0.1) is 7.11 Å². The SMILES string of the molecule is COc1cccc(Cl)c1CN1CC2CNCC2C1(C)C. The van der Waals surface area contributed by atoms with E-state index in [2.05, 4.69) is 24.1 Å². The number of nitrogens with one attached hydrogen (secondary N) is 1. The average Bonchev–Trinajstić information content (AvgIpc) is 2.96. The molecule has 20 heavy (non-hydrogen) atoms. The van der Waals surface area contributed by atoms with Gasteiger partial charge in [-0.25, -0.2) is 0 Å². The van der Waals surface area contributed by atoms with Crippen molar-refractivity contribution in [2.24, 2.45) is 11.8 Å². The fraction of sp³-hybridized carbons (Fsp3) is 0.625. The van der Waals surface area contributed by atoms with Crippen LogP contribution in [0.3, 0.4) is 0 Å². The summed E-state index contributed by atoms with van der Waals surface area (Å²) in [4.78, 5) is 2.56. The third kappa shape index (κ3) is 2.22. The molecule has 2 unspecified atom stereocenters. The third-order valence-corrected chi connectivity index (χ3v) is 5.52. The second-order valence-electron chi connectivity index (χ2n) is 6.48. The average molecular weight is 295 g/mol. The van der Waals surface area contributed by atoms with Crippen LogP contribution in [-0.2, 0) is 6.54 Å². The smallest absolute Gasteiger partial charge is 0.124 e. The molecule has 0 aliphatic carbocycles. The Hall–Kier alpha value is -0.770. The van der Waals surface area contributed by atoms with Gasteiger partial charge in [-0.1, -0.05) is 17.7 Å². The molecule has 1 N–H and O–H groups in total. The van der Waals surface area contributed by atoms with Gasteiger partial charge in [-0.2, -0.15) is 0 Å². The molecule has 3 nitrogen and oxygen atoms in total. The summed E-state index contributed by atoms with van der Waals surface area (Å²) in [5.41, 5.74) is 1.32. The van der Waals surface area contributed by atoms with Gasteiger partial charge in [0, 0.05) is 35.8 Å². The van der Waals surface area contributed by atoms with Crippen molar-refractivity contribution in [1.29, 1.82) is 0 Å². The number of hydrogen-bond donors (Lipinski definition) is 1. The predicted molar refractivity (Wildman–Crippen MR) is 82.3 cm³/mol. The zero-order valence-corrected chi connectivity index (χ0v) is 13.2. The quantitative estimate of drug-likeness (QED) is 0.928. The minimum absolute atomic E-state index is 0.207. The predicted octanol–water partition coefficient (Wildman–Crippen LogP) is 2.78. The summed E-state index contributed by atoms with van der Waals surface area (Å²) >= 11 is 6.38. The van der Waals surface area contributed by atoms with Crippen LogP contribution in [0, 0.1) is 11.8 Å². The largest absolute Gasteiger partial charge is 0.496 e. The van der Waals surface area contributed by atoms with Crippen molar-refractivity contribution in [2.75, 3.05) is 26.7 Å². The molecule has 0 bridgehead atoms. The van der Waals surface area contributed by atoms with Crippen molar-refractivity contribution >= 4 is 11.6 Å². The van der Waals surface area contributed by atoms with Crippen molar-refractivity contribution in [2.45, 2.75) is 25.9 Å². The third-order valence-electron chi connectivity index (χ3n) is 5.16. The summed E-state index contributed by atoms with van der Waals surface area (Å²) in [7, 11) is 1.71. The molecule has 4 heteroatoms. The molecule has 0 amide bonds. The summed E-state index contributed by atoms with van der Waals surface area (Å²) < 4.78 is 5.48.